The second kappa shape index (κ2) is 3.98. The monoisotopic (exact) mass is 208 g/mol. The summed E-state index contributed by atoms with van der Waals surface area (Å²) in [6.45, 7) is 3.73. The first-order valence-corrected chi connectivity index (χ1v) is 5.12. The van der Waals surface area contributed by atoms with Gasteiger partial charge in [-0.2, -0.15) is 0 Å². The van der Waals surface area contributed by atoms with Crippen molar-refractivity contribution >= 4 is 5.69 Å². The largest absolute Gasteiger partial charge is 0.508 e. The zero-order chi connectivity index (χ0) is 10.8. The Balaban J connectivity index is 2.18. The van der Waals surface area contributed by atoms with Gasteiger partial charge < -0.3 is 20.0 Å². The van der Waals surface area contributed by atoms with Crippen molar-refractivity contribution < 1.29 is 10.2 Å². The van der Waals surface area contributed by atoms with E-state index in [2.05, 4.69) is 16.8 Å². The average molecular weight is 208 g/mol. The summed E-state index contributed by atoms with van der Waals surface area (Å²) in [5.41, 5.74) is 0.725. The maximum Gasteiger partial charge on any atom is 0.139 e. The summed E-state index contributed by atoms with van der Waals surface area (Å²) < 4.78 is 0. The number of rotatable bonds is 1. The van der Waals surface area contributed by atoms with Crippen LogP contribution in [0.15, 0.2) is 18.2 Å². The van der Waals surface area contributed by atoms with Crippen LogP contribution in [0.2, 0.25) is 0 Å². The van der Waals surface area contributed by atoms with Crippen LogP contribution < -0.4 is 4.90 Å². The number of benzene rings is 1. The van der Waals surface area contributed by atoms with Crippen LogP contribution in [0, 0.1) is 0 Å². The van der Waals surface area contributed by atoms with Gasteiger partial charge in [0.05, 0.1) is 5.69 Å². The van der Waals surface area contributed by atoms with E-state index in [1.165, 1.54) is 12.1 Å². The summed E-state index contributed by atoms with van der Waals surface area (Å²) in [4.78, 5) is 4.34. The van der Waals surface area contributed by atoms with Crippen molar-refractivity contribution in [2.75, 3.05) is 38.1 Å². The lowest BCUT2D eigenvalue weighted by Gasteiger charge is -2.34. The molecular formula is C11H16N2O2. The van der Waals surface area contributed by atoms with Crippen LogP contribution in [0.1, 0.15) is 0 Å². The fraction of sp³-hybridized carbons (Fsp3) is 0.455. The highest BCUT2D eigenvalue weighted by molar-refractivity contribution is 5.60. The average Bonchev–Trinajstić information content (AvgIpc) is 2.23. The molecule has 1 aliphatic heterocycles. The molecule has 0 aliphatic carbocycles. The molecule has 0 saturated carbocycles. The molecule has 0 atom stereocenters. The molecule has 0 bridgehead atoms. The van der Waals surface area contributed by atoms with Crippen LogP contribution >= 0.6 is 0 Å². The van der Waals surface area contributed by atoms with E-state index in [4.69, 9.17) is 0 Å². The van der Waals surface area contributed by atoms with Crippen LogP contribution in [0.25, 0.3) is 0 Å². The maximum atomic E-state index is 9.69. The van der Waals surface area contributed by atoms with E-state index < -0.39 is 0 Å². The van der Waals surface area contributed by atoms with Gasteiger partial charge in [-0.1, -0.05) is 0 Å². The molecule has 1 saturated heterocycles. The number of nitrogens with zero attached hydrogens (tertiary/aromatic N) is 2. The van der Waals surface area contributed by atoms with E-state index in [1.807, 2.05) is 0 Å². The number of hydrogen-bond acceptors (Lipinski definition) is 4. The fourth-order valence-corrected chi connectivity index (χ4v) is 1.81. The molecule has 4 nitrogen and oxygen atoms in total. The number of likely N-dealkylation sites (N-methyl/N-ethyl adjacent to an activating group) is 1. The van der Waals surface area contributed by atoms with Crippen LogP contribution in [0.3, 0.4) is 0 Å². The summed E-state index contributed by atoms with van der Waals surface area (Å²) in [6.07, 6.45) is 0. The summed E-state index contributed by atoms with van der Waals surface area (Å²) >= 11 is 0. The Kier molecular flexibility index (Phi) is 2.68. The minimum atomic E-state index is 0.196. The highest BCUT2D eigenvalue weighted by Crippen LogP contribution is 2.31. The maximum absolute atomic E-state index is 9.69. The Morgan fingerprint density at radius 3 is 2.40 bits per heavy atom. The predicted molar refractivity (Wildman–Crippen MR) is 59.5 cm³/mol. The molecule has 2 N–H and O–H groups in total. The number of aromatic hydroxyl groups is 2. The van der Waals surface area contributed by atoms with E-state index in [-0.39, 0.29) is 11.5 Å². The van der Waals surface area contributed by atoms with Crippen molar-refractivity contribution in [3.63, 3.8) is 0 Å². The van der Waals surface area contributed by atoms with Gasteiger partial charge in [-0.3, -0.25) is 0 Å². The molecule has 1 heterocycles. The fourth-order valence-electron chi connectivity index (χ4n) is 1.81. The molecule has 15 heavy (non-hydrogen) atoms. The van der Waals surface area contributed by atoms with Crippen LogP contribution in [-0.2, 0) is 0 Å². The highest BCUT2D eigenvalue weighted by Gasteiger charge is 2.17. The highest BCUT2D eigenvalue weighted by atomic mass is 16.3. The number of phenolic OH excluding ortho intramolecular Hbond substituents is 2. The quantitative estimate of drug-likeness (QED) is 0.672. The van der Waals surface area contributed by atoms with Crippen LogP contribution in [-0.4, -0.2) is 48.3 Å². The lowest BCUT2D eigenvalue weighted by Crippen LogP contribution is -2.44. The lowest BCUT2D eigenvalue weighted by atomic mass is 10.2. The number of phenols is 2. The molecule has 0 amide bonds. The number of piperazine rings is 1. The Morgan fingerprint density at radius 2 is 1.73 bits per heavy atom. The molecule has 4 heteroatoms. The third-order valence-electron chi connectivity index (χ3n) is 2.80. The second-order valence-corrected chi connectivity index (χ2v) is 3.96. The zero-order valence-corrected chi connectivity index (χ0v) is 8.85. The summed E-state index contributed by atoms with van der Waals surface area (Å²) in [5, 5.41) is 19.1. The third-order valence-corrected chi connectivity index (χ3v) is 2.80. The normalized spacial score (nSPS) is 18.1. The Bertz CT molecular complexity index is 346. The van der Waals surface area contributed by atoms with Crippen molar-refractivity contribution in [1.82, 2.24) is 4.90 Å². The van der Waals surface area contributed by atoms with Crippen molar-refractivity contribution in [2.24, 2.45) is 0 Å². The minimum Gasteiger partial charge on any atom is -0.508 e. The second-order valence-electron chi connectivity index (χ2n) is 3.96. The SMILES string of the molecule is CN1CCN(c2cc(O)ccc2O)CC1. The van der Waals surface area contributed by atoms with Crippen LogP contribution in [0.5, 0.6) is 11.5 Å². The summed E-state index contributed by atoms with van der Waals surface area (Å²) in [6, 6.07) is 4.64. The molecule has 2 rings (SSSR count). The number of hydrogen-bond donors (Lipinski definition) is 2. The van der Waals surface area contributed by atoms with Gasteiger partial charge in [0, 0.05) is 32.2 Å². The first kappa shape index (κ1) is 10.1. The van der Waals surface area contributed by atoms with Gasteiger partial charge in [0.2, 0.25) is 0 Å². The van der Waals surface area contributed by atoms with E-state index in [1.54, 1.807) is 6.07 Å². The Labute approximate surface area is 89.4 Å². The van der Waals surface area contributed by atoms with E-state index >= 15 is 0 Å². The van der Waals surface area contributed by atoms with E-state index in [0.717, 1.165) is 31.9 Å². The zero-order valence-electron chi connectivity index (χ0n) is 8.85. The van der Waals surface area contributed by atoms with E-state index in [9.17, 15) is 10.2 Å². The molecule has 82 valence electrons. The molecule has 0 spiro atoms. The van der Waals surface area contributed by atoms with Crippen molar-refractivity contribution in [3.05, 3.63) is 18.2 Å². The van der Waals surface area contributed by atoms with Gasteiger partial charge in [-0.05, 0) is 19.2 Å². The van der Waals surface area contributed by atoms with Crippen LogP contribution in [0.4, 0.5) is 5.69 Å². The van der Waals surface area contributed by atoms with Gasteiger partial charge in [-0.15, -0.1) is 0 Å². The smallest absolute Gasteiger partial charge is 0.139 e. The van der Waals surface area contributed by atoms with Gasteiger partial charge in [0.15, 0.2) is 0 Å². The van der Waals surface area contributed by atoms with Gasteiger partial charge in [0.25, 0.3) is 0 Å². The standard InChI is InChI=1S/C11H16N2O2/c1-12-4-6-13(7-5-12)10-8-9(14)2-3-11(10)15/h2-3,8,14-15H,4-7H2,1H3. The number of anilines is 1. The first-order valence-electron chi connectivity index (χ1n) is 5.12. The molecule has 1 aromatic carbocycles. The molecular weight excluding hydrogens is 192 g/mol. The topological polar surface area (TPSA) is 46.9 Å². The summed E-state index contributed by atoms with van der Waals surface area (Å²) in [5.74, 6) is 0.430. The molecule has 0 aromatic heterocycles. The lowest BCUT2D eigenvalue weighted by molar-refractivity contribution is 0.311. The third kappa shape index (κ3) is 2.15. The van der Waals surface area contributed by atoms with Gasteiger partial charge in [0.1, 0.15) is 11.5 Å². The summed E-state index contributed by atoms with van der Waals surface area (Å²) in [7, 11) is 2.08. The first-order chi connectivity index (χ1) is 7.16. The molecule has 1 aromatic rings. The molecule has 0 unspecified atom stereocenters. The minimum absolute atomic E-state index is 0.196. The van der Waals surface area contributed by atoms with Gasteiger partial charge in [-0.25, -0.2) is 0 Å². The van der Waals surface area contributed by atoms with Crippen molar-refractivity contribution in [2.45, 2.75) is 0 Å². The van der Waals surface area contributed by atoms with Crippen molar-refractivity contribution in [3.8, 4) is 11.5 Å². The predicted octanol–water partition coefficient (Wildman–Crippen LogP) is 0.850. The van der Waals surface area contributed by atoms with Crippen molar-refractivity contribution in [1.29, 1.82) is 0 Å². The Morgan fingerprint density at radius 1 is 1.07 bits per heavy atom. The van der Waals surface area contributed by atoms with Gasteiger partial charge >= 0.3 is 0 Å². The molecule has 1 aliphatic rings. The Hall–Kier alpha value is -1.42. The van der Waals surface area contributed by atoms with E-state index in [0.29, 0.717) is 0 Å². The molecule has 0 radical (unpaired) electrons. The molecule has 1 fully saturated rings.